The van der Waals surface area contributed by atoms with E-state index in [1.807, 2.05) is 6.08 Å². The molecule has 0 aliphatic carbocycles. The van der Waals surface area contributed by atoms with E-state index in [-0.39, 0.29) is 18.9 Å². The third-order valence-electron chi connectivity index (χ3n) is 11.2. The number of rotatable bonds is 44. The van der Waals surface area contributed by atoms with Crippen molar-refractivity contribution in [3.05, 3.63) is 24.3 Å². The lowest BCUT2D eigenvalue weighted by atomic mass is 10.0. The monoisotopic (exact) mass is 762 g/mol. The molecule has 0 aromatic heterocycles. The molecule has 0 aromatic carbocycles. The number of unbranched alkanes of at least 4 members (excludes halogenated alkanes) is 33. The van der Waals surface area contributed by atoms with E-state index < -0.39 is 18.2 Å². The Balaban J connectivity index is 3.63. The summed E-state index contributed by atoms with van der Waals surface area (Å²) in [5.74, 6) is -0.322. The van der Waals surface area contributed by atoms with Crippen LogP contribution in [0.3, 0.4) is 0 Å². The highest BCUT2D eigenvalue weighted by atomic mass is 16.3. The fourth-order valence-corrected chi connectivity index (χ4v) is 7.51. The van der Waals surface area contributed by atoms with Crippen molar-refractivity contribution in [1.82, 2.24) is 5.32 Å². The Morgan fingerprint density at radius 2 is 0.778 bits per heavy atom. The van der Waals surface area contributed by atoms with E-state index in [1.165, 1.54) is 193 Å². The van der Waals surface area contributed by atoms with Crippen molar-refractivity contribution < 1.29 is 20.1 Å². The second-order valence-electron chi connectivity index (χ2n) is 16.7. The van der Waals surface area contributed by atoms with Crippen molar-refractivity contribution in [2.45, 2.75) is 276 Å². The highest BCUT2D eigenvalue weighted by Crippen LogP contribution is 2.16. The number of aliphatic hydroxyl groups is 3. The van der Waals surface area contributed by atoms with E-state index in [0.29, 0.717) is 6.42 Å². The Morgan fingerprint density at radius 3 is 1.13 bits per heavy atom. The number of nitrogens with one attached hydrogen (secondary N) is 1. The van der Waals surface area contributed by atoms with Gasteiger partial charge in [-0.2, -0.15) is 0 Å². The molecule has 0 radical (unpaired) electrons. The van der Waals surface area contributed by atoms with Gasteiger partial charge in [-0.1, -0.05) is 231 Å². The fourth-order valence-electron chi connectivity index (χ4n) is 7.51. The topological polar surface area (TPSA) is 89.8 Å². The predicted octanol–water partition coefficient (Wildman–Crippen LogP) is 14.2. The van der Waals surface area contributed by atoms with Crippen molar-refractivity contribution in [1.29, 1.82) is 0 Å². The minimum atomic E-state index is -0.931. The summed E-state index contributed by atoms with van der Waals surface area (Å²) in [6.45, 7) is 4.23. The normalized spacial score (nSPS) is 13.6. The van der Waals surface area contributed by atoms with Crippen LogP contribution in [0.1, 0.15) is 258 Å². The predicted molar refractivity (Wildman–Crippen MR) is 236 cm³/mol. The molecule has 1 amide bonds. The molecule has 0 aliphatic rings. The molecule has 4 N–H and O–H groups in total. The van der Waals surface area contributed by atoms with E-state index in [9.17, 15) is 20.1 Å². The maximum Gasteiger partial charge on any atom is 0.222 e. The quantitative estimate of drug-likeness (QED) is 0.0368. The first-order valence-corrected chi connectivity index (χ1v) is 24.1. The summed E-state index contributed by atoms with van der Waals surface area (Å²) in [6, 6.07) is -0.747. The molecule has 0 spiro atoms. The fraction of sp³-hybridized carbons (Fsp3) is 0.898. The summed E-state index contributed by atoms with van der Waals surface area (Å²) < 4.78 is 0. The number of aliphatic hydroxyl groups excluding tert-OH is 3. The van der Waals surface area contributed by atoms with Gasteiger partial charge < -0.3 is 20.6 Å². The first kappa shape index (κ1) is 52.8. The summed E-state index contributed by atoms with van der Waals surface area (Å²) in [7, 11) is 0. The van der Waals surface area contributed by atoms with Gasteiger partial charge in [-0.15, -0.1) is 0 Å². The molecule has 0 bridgehead atoms. The van der Waals surface area contributed by atoms with Gasteiger partial charge in [0.15, 0.2) is 0 Å². The van der Waals surface area contributed by atoms with Crippen LogP contribution < -0.4 is 5.32 Å². The summed E-state index contributed by atoms with van der Waals surface area (Å²) >= 11 is 0. The first-order chi connectivity index (χ1) is 26.5. The van der Waals surface area contributed by atoms with Crippen LogP contribution in [0, 0.1) is 0 Å². The minimum absolute atomic E-state index is 0.00498. The van der Waals surface area contributed by atoms with Crippen molar-refractivity contribution in [2.24, 2.45) is 0 Å². The zero-order valence-electron chi connectivity index (χ0n) is 36.4. The Hall–Kier alpha value is -1.17. The Bertz CT molecular complexity index is 799. The standard InChI is InChI=1S/C49H95NO4/c1-3-5-7-9-11-13-15-17-19-21-22-23-24-25-26-27-29-31-33-35-37-39-41-43-48(53)47(45-51)50-49(54)44-46(52)42-40-38-36-34-32-30-28-20-18-16-14-12-10-8-6-4-2/h30,32,41,43,46-48,51-53H,3-29,31,33-40,42,44-45H2,1-2H3,(H,50,54)/b32-30-,43-41+. The zero-order valence-corrected chi connectivity index (χ0v) is 36.4. The van der Waals surface area contributed by atoms with Crippen molar-refractivity contribution in [3.63, 3.8) is 0 Å². The van der Waals surface area contributed by atoms with Crippen LogP contribution in [0.5, 0.6) is 0 Å². The Morgan fingerprint density at radius 1 is 0.463 bits per heavy atom. The van der Waals surface area contributed by atoms with Gasteiger partial charge in [-0.05, 0) is 44.9 Å². The van der Waals surface area contributed by atoms with Crippen molar-refractivity contribution in [3.8, 4) is 0 Å². The van der Waals surface area contributed by atoms with Crippen LogP contribution >= 0.6 is 0 Å². The molecule has 0 rings (SSSR count). The van der Waals surface area contributed by atoms with Gasteiger partial charge >= 0.3 is 0 Å². The van der Waals surface area contributed by atoms with Gasteiger partial charge in [0.1, 0.15) is 0 Å². The van der Waals surface area contributed by atoms with Gasteiger partial charge in [0, 0.05) is 0 Å². The molecule has 0 aromatic rings. The molecule has 5 nitrogen and oxygen atoms in total. The molecule has 3 atom stereocenters. The molecule has 320 valence electrons. The molecule has 54 heavy (non-hydrogen) atoms. The Kier molecular flexibility index (Phi) is 43.6. The van der Waals surface area contributed by atoms with E-state index in [2.05, 4.69) is 31.3 Å². The second-order valence-corrected chi connectivity index (χ2v) is 16.7. The number of hydrogen-bond donors (Lipinski definition) is 4. The third-order valence-corrected chi connectivity index (χ3v) is 11.2. The first-order valence-electron chi connectivity index (χ1n) is 24.1. The summed E-state index contributed by atoms with van der Waals surface area (Å²) in [5, 5.41) is 33.3. The zero-order chi connectivity index (χ0) is 39.4. The molecule has 5 heteroatoms. The molecular weight excluding hydrogens is 667 g/mol. The second kappa shape index (κ2) is 44.5. The Labute approximate surface area is 337 Å². The lowest BCUT2D eigenvalue weighted by molar-refractivity contribution is -0.124. The van der Waals surface area contributed by atoms with Crippen LogP contribution in [-0.4, -0.2) is 46.1 Å². The van der Waals surface area contributed by atoms with E-state index in [1.54, 1.807) is 6.08 Å². The summed E-state index contributed by atoms with van der Waals surface area (Å²) in [4.78, 5) is 12.5. The minimum Gasteiger partial charge on any atom is -0.394 e. The van der Waals surface area contributed by atoms with Crippen LogP contribution in [0.4, 0.5) is 0 Å². The average molecular weight is 762 g/mol. The molecule has 0 saturated carbocycles. The van der Waals surface area contributed by atoms with E-state index >= 15 is 0 Å². The molecule has 0 aliphatic heterocycles. The van der Waals surface area contributed by atoms with Crippen LogP contribution in [-0.2, 0) is 4.79 Å². The van der Waals surface area contributed by atoms with Gasteiger partial charge in [0.25, 0.3) is 0 Å². The van der Waals surface area contributed by atoms with E-state index in [4.69, 9.17) is 0 Å². The smallest absolute Gasteiger partial charge is 0.222 e. The van der Waals surface area contributed by atoms with Gasteiger partial charge in [0.05, 0.1) is 31.3 Å². The number of carbonyl (C=O) groups excluding carboxylic acids is 1. The molecular formula is C49H95NO4. The van der Waals surface area contributed by atoms with Gasteiger partial charge in [-0.25, -0.2) is 0 Å². The molecule has 0 saturated heterocycles. The van der Waals surface area contributed by atoms with Crippen LogP contribution in [0.15, 0.2) is 24.3 Å². The summed E-state index contributed by atoms with van der Waals surface area (Å²) in [5.41, 5.74) is 0. The maximum absolute atomic E-state index is 12.5. The number of allylic oxidation sites excluding steroid dienone is 3. The van der Waals surface area contributed by atoms with Crippen LogP contribution in [0.2, 0.25) is 0 Å². The van der Waals surface area contributed by atoms with Gasteiger partial charge in [0.2, 0.25) is 5.91 Å². The van der Waals surface area contributed by atoms with Crippen molar-refractivity contribution in [2.75, 3.05) is 6.61 Å². The molecule has 3 unspecified atom stereocenters. The van der Waals surface area contributed by atoms with Crippen LogP contribution in [0.25, 0.3) is 0 Å². The maximum atomic E-state index is 12.5. The van der Waals surface area contributed by atoms with Gasteiger partial charge in [-0.3, -0.25) is 4.79 Å². The lowest BCUT2D eigenvalue weighted by Crippen LogP contribution is -2.45. The van der Waals surface area contributed by atoms with E-state index in [0.717, 1.165) is 38.5 Å². The SMILES string of the molecule is CCCCCCCCCCC/C=C\CCCCCC(O)CC(=O)NC(CO)C(O)/C=C/CCCCCCCCCCCCCCCCCCCCCCC. The number of carbonyl (C=O) groups is 1. The lowest BCUT2D eigenvalue weighted by Gasteiger charge is -2.21. The highest BCUT2D eigenvalue weighted by molar-refractivity contribution is 5.76. The average Bonchev–Trinajstić information content (AvgIpc) is 3.16. The number of amides is 1. The largest absolute Gasteiger partial charge is 0.394 e. The number of hydrogen-bond acceptors (Lipinski definition) is 4. The van der Waals surface area contributed by atoms with Crippen molar-refractivity contribution >= 4 is 5.91 Å². The summed E-state index contributed by atoms with van der Waals surface area (Å²) in [6.07, 6.45) is 54.8. The molecule has 0 heterocycles. The third kappa shape index (κ3) is 40.5. The molecule has 0 fully saturated rings. The highest BCUT2D eigenvalue weighted by Gasteiger charge is 2.20.